The molecule has 0 unspecified atom stereocenters. The van der Waals surface area contributed by atoms with Crippen molar-refractivity contribution in [1.82, 2.24) is 4.98 Å². The molecule has 0 radical (unpaired) electrons. The van der Waals surface area contributed by atoms with E-state index in [2.05, 4.69) is 10.3 Å². The van der Waals surface area contributed by atoms with E-state index in [4.69, 9.17) is 16.7 Å². The standard InChI is InChI=1S/C9H13ClN2O2S/c10-7-6-15-9(12-7)11-5-3-1-2-4-8(13)14/h6H,1-5H2,(H,11,12)(H,13,14). The van der Waals surface area contributed by atoms with Crippen LogP contribution in [0.4, 0.5) is 5.13 Å². The summed E-state index contributed by atoms with van der Waals surface area (Å²) in [4.78, 5) is 14.3. The number of aliphatic carboxylic acids is 1. The van der Waals surface area contributed by atoms with Crippen molar-refractivity contribution in [3.8, 4) is 0 Å². The Morgan fingerprint density at radius 3 is 2.93 bits per heavy atom. The summed E-state index contributed by atoms with van der Waals surface area (Å²) >= 11 is 7.12. The Morgan fingerprint density at radius 2 is 2.33 bits per heavy atom. The van der Waals surface area contributed by atoms with E-state index in [0.717, 1.165) is 30.9 Å². The van der Waals surface area contributed by atoms with E-state index in [0.29, 0.717) is 5.15 Å². The van der Waals surface area contributed by atoms with Crippen LogP contribution in [0.5, 0.6) is 0 Å². The summed E-state index contributed by atoms with van der Waals surface area (Å²) in [6, 6.07) is 0. The maximum atomic E-state index is 10.2. The highest BCUT2D eigenvalue weighted by Crippen LogP contribution is 2.18. The number of hydrogen-bond donors (Lipinski definition) is 2. The minimum absolute atomic E-state index is 0.253. The fourth-order valence-corrected chi connectivity index (χ4v) is 1.97. The Kier molecular flexibility index (Phi) is 5.42. The second kappa shape index (κ2) is 6.63. The molecule has 15 heavy (non-hydrogen) atoms. The zero-order valence-electron chi connectivity index (χ0n) is 8.20. The predicted molar refractivity (Wildman–Crippen MR) is 61.7 cm³/mol. The van der Waals surface area contributed by atoms with Gasteiger partial charge in [0.15, 0.2) is 5.13 Å². The van der Waals surface area contributed by atoms with Crippen molar-refractivity contribution in [3.63, 3.8) is 0 Å². The van der Waals surface area contributed by atoms with Gasteiger partial charge in [-0.1, -0.05) is 18.0 Å². The van der Waals surface area contributed by atoms with Gasteiger partial charge < -0.3 is 10.4 Å². The number of carboxylic acids is 1. The highest BCUT2D eigenvalue weighted by molar-refractivity contribution is 7.14. The van der Waals surface area contributed by atoms with Gasteiger partial charge in [0, 0.05) is 18.3 Å². The fraction of sp³-hybridized carbons (Fsp3) is 0.556. The summed E-state index contributed by atoms with van der Waals surface area (Å²) in [7, 11) is 0. The SMILES string of the molecule is O=C(O)CCCCCNc1nc(Cl)cs1. The van der Waals surface area contributed by atoms with Crippen LogP contribution in [0.25, 0.3) is 0 Å². The lowest BCUT2D eigenvalue weighted by molar-refractivity contribution is -0.137. The van der Waals surface area contributed by atoms with Crippen molar-refractivity contribution in [2.75, 3.05) is 11.9 Å². The van der Waals surface area contributed by atoms with Gasteiger partial charge in [-0.25, -0.2) is 4.98 Å². The van der Waals surface area contributed by atoms with Crippen LogP contribution in [0.3, 0.4) is 0 Å². The Bertz CT molecular complexity index is 317. The first-order valence-corrected chi connectivity index (χ1v) is 6.01. The van der Waals surface area contributed by atoms with Crippen LogP contribution in [-0.2, 0) is 4.79 Å². The minimum atomic E-state index is -0.727. The van der Waals surface area contributed by atoms with Gasteiger partial charge in [-0.15, -0.1) is 11.3 Å². The number of anilines is 1. The molecule has 0 saturated carbocycles. The molecular weight excluding hydrogens is 236 g/mol. The quantitative estimate of drug-likeness (QED) is 0.729. The highest BCUT2D eigenvalue weighted by Gasteiger charge is 1.99. The van der Waals surface area contributed by atoms with Gasteiger partial charge in [0.05, 0.1) is 0 Å². The number of hydrogen-bond acceptors (Lipinski definition) is 4. The zero-order valence-corrected chi connectivity index (χ0v) is 9.77. The van der Waals surface area contributed by atoms with Crippen molar-refractivity contribution >= 4 is 34.0 Å². The number of nitrogens with one attached hydrogen (secondary N) is 1. The Morgan fingerprint density at radius 1 is 1.53 bits per heavy atom. The maximum Gasteiger partial charge on any atom is 0.303 e. The molecule has 0 aliphatic carbocycles. The van der Waals surface area contributed by atoms with Crippen LogP contribution < -0.4 is 5.32 Å². The normalized spacial score (nSPS) is 10.2. The van der Waals surface area contributed by atoms with Crippen molar-refractivity contribution in [3.05, 3.63) is 10.5 Å². The number of carbonyl (C=O) groups is 1. The third-order valence-corrected chi connectivity index (χ3v) is 2.94. The lowest BCUT2D eigenvalue weighted by Crippen LogP contribution is -2.01. The molecule has 0 fully saturated rings. The van der Waals surface area contributed by atoms with Gasteiger partial charge in [0.25, 0.3) is 0 Å². The molecule has 0 aliphatic rings. The van der Waals surface area contributed by atoms with E-state index in [9.17, 15) is 4.79 Å². The lowest BCUT2D eigenvalue weighted by atomic mass is 10.2. The zero-order chi connectivity index (χ0) is 11.1. The Balaban J connectivity index is 2.00. The predicted octanol–water partition coefficient (Wildman–Crippen LogP) is 2.85. The number of nitrogens with zero attached hydrogens (tertiary/aromatic N) is 1. The number of carboxylic acid groups (broad SMARTS) is 1. The van der Waals surface area contributed by atoms with Gasteiger partial charge in [0.1, 0.15) is 5.15 Å². The number of thiazole rings is 1. The molecule has 0 bridgehead atoms. The molecule has 1 aromatic rings. The van der Waals surface area contributed by atoms with Crippen molar-refractivity contribution in [2.24, 2.45) is 0 Å². The number of aromatic nitrogens is 1. The lowest BCUT2D eigenvalue weighted by Gasteiger charge is -2.01. The summed E-state index contributed by atoms with van der Waals surface area (Å²) in [6.07, 6.45) is 2.85. The molecule has 4 nitrogen and oxygen atoms in total. The van der Waals surface area contributed by atoms with Gasteiger partial charge in [-0.2, -0.15) is 0 Å². The van der Waals surface area contributed by atoms with E-state index in [-0.39, 0.29) is 6.42 Å². The Labute approximate surface area is 97.3 Å². The van der Waals surface area contributed by atoms with Gasteiger partial charge in [0.2, 0.25) is 0 Å². The van der Waals surface area contributed by atoms with Crippen molar-refractivity contribution in [1.29, 1.82) is 0 Å². The average molecular weight is 249 g/mol. The van der Waals surface area contributed by atoms with Crippen LogP contribution in [0.1, 0.15) is 25.7 Å². The van der Waals surface area contributed by atoms with E-state index >= 15 is 0 Å². The molecule has 0 aromatic carbocycles. The van der Waals surface area contributed by atoms with E-state index < -0.39 is 5.97 Å². The number of halogens is 1. The third-order valence-electron chi connectivity index (χ3n) is 1.82. The second-order valence-corrected chi connectivity index (χ2v) is 4.35. The van der Waals surface area contributed by atoms with E-state index in [1.54, 1.807) is 5.38 Å². The van der Waals surface area contributed by atoms with Crippen molar-refractivity contribution < 1.29 is 9.90 Å². The molecule has 1 aromatic heterocycles. The van der Waals surface area contributed by atoms with Gasteiger partial charge >= 0.3 is 5.97 Å². The topological polar surface area (TPSA) is 62.2 Å². The van der Waals surface area contributed by atoms with Crippen LogP contribution in [-0.4, -0.2) is 22.6 Å². The van der Waals surface area contributed by atoms with Gasteiger partial charge in [-0.3, -0.25) is 4.79 Å². The molecule has 0 atom stereocenters. The first kappa shape index (κ1) is 12.3. The number of rotatable bonds is 7. The summed E-state index contributed by atoms with van der Waals surface area (Å²) in [6.45, 7) is 0.809. The van der Waals surface area contributed by atoms with Crippen LogP contribution in [0.15, 0.2) is 5.38 Å². The maximum absolute atomic E-state index is 10.2. The molecule has 1 rings (SSSR count). The molecule has 0 aliphatic heterocycles. The minimum Gasteiger partial charge on any atom is -0.481 e. The second-order valence-electron chi connectivity index (χ2n) is 3.11. The molecule has 0 amide bonds. The summed E-state index contributed by atoms with van der Waals surface area (Å²) in [5.74, 6) is -0.727. The molecular formula is C9H13ClN2O2S. The fourth-order valence-electron chi connectivity index (χ4n) is 1.11. The van der Waals surface area contributed by atoms with Crippen LogP contribution >= 0.6 is 22.9 Å². The smallest absolute Gasteiger partial charge is 0.303 e. The van der Waals surface area contributed by atoms with Crippen molar-refractivity contribution in [2.45, 2.75) is 25.7 Å². The first-order chi connectivity index (χ1) is 7.18. The first-order valence-electron chi connectivity index (χ1n) is 4.75. The summed E-state index contributed by atoms with van der Waals surface area (Å²) in [5, 5.41) is 14.6. The molecule has 2 N–H and O–H groups in total. The molecule has 0 saturated heterocycles. The summed E-state index contributed by atoms with van der Waals surface area (Å²) < 4.78 is 0. The number of unbranched alkanes of at least 4 members (excludes halogenated alkanes) is 2. The molecule has 6 heteroatoms. The average Bonchev–Trinajstić information content (AvgIpc) is 2.57. The van der Waals surface area contributed by atoms with E-state index in [1.807, 2.05) is 0 Å². The molecule has 84 valence electrons. The molecule has 1 heterocycles. The largest absolute Gasteiger partial charge is 0.481 e. The molecule has 0 spiro atoms. The van der Waals surface area contributed by atoms with Gasteiger partial charge in [-0.05, 0) is 12.8 Å². The monoisotopic (exact) mass is 248 g/mol. The van der Waals surface area contributed by atoms with Crippen LogP contribution in [0.2, 0.25) is 5.15 Å². The highest BCUT2D eigenvalue weighted by atomic mass is 35.5. The van der Waals surface area contributed by atoms with E-state index in [1.165, 1.54) is 11.3 Å². The third kappa shape index (κ3) is 5.59. The van der Waals surface area contributed by atoms with Crippen LogP contribution in [0, 0.1) is 0 Å². The Hall–Kier alpha value is -0.810. The summed E-state index contributed by atoms with van der Waals surface area (Å²) in [5.41, 5.74) is 0.